The smallest absolute Gasteiger partial charge is 0.223 e. The number of carbonyl (C=O) groups excluding carboxylic acids is 1. The van der Waals surface area contributed by atoms with Gasteiger partial charge < -0.3 is 4.90 Å². The monoisotopic (exact) mass is 257 g/mol. The third kappa shape index (κ3) is 2.54. The molecule has 1 heterocycles. The molecular weight excluding hydrogens is 234 g/mol. The van der Waals surface area contributed by atoms with Gasteiger partial charge in [0.05, 0.1) is 0 Å². The van der Waals surface area contributed by atoms with Gasteiger partial charge in [-0.1, -0.05) is 50.1 Å². The van der Waals surface area contributed by atoms with Crippen molar-refractivity contribution in [1.82, 2.24) is 4.90 Å². The summed E-state index contributed by atoms with van der Waals surface area (Å²) >= 11 is 0. The number of hydrogen-bond acceptors (Lipinski definition) is 1. The van der Waals surface area contributed by atoms with Crippen molar-refractivity contribution in [3.8, 4) is 0 Å². The zero-order valence-electron chi connectivity index (χ0n) is 11.7. The molecule has 1 saturated carbocycles. The van der Waals surface area contributed by atoms with Gasteiger partial charge in [0.25, 0.3) is 0 Å². The molecular formula is C17H23NO. The van der Waals surface area contributed by atoms with Gasteiger partial charge in [0.2, 0.25) is 5.91 Å². The van der Waals surface area contributed by atoms with Crippen molar-refractivity contribution in [3.63, 3.8) is 0 Å². The zero-order chi connectivity index (χ0) is 13.2. The zero-order valence-corrected chi connectivity index (χ0v) is 11.7. The Morgan fingerprint density at radius 2 is 1.95 bits per heavy atom. The van der Waals surface area contributed by atoms with Gasteiger partial charge >= 0.3 is 0 Å². The van der Waals surface area contributed by atoms with Gasteiger partial charge in [-0.3, -0.25) is 4.79 Å². The molecule has 2 aliphatic rings. The van der Waals surface area contributed by atoms with Crippen LogP contribution in [0.15, 0.2) is 30.3 Å². The SMILES string of the molecule is C[C@@H]1CCC[C@@H]2[C@H]1CCC(=O)N2Cc1ccccc1. The molecule has 1 aromatic carbocycles. The average molecular weight is 257 g/mol. The molecule has 1 aliphatic carbocycles. The minimum atomic E-state index is 0.360. The first kappa shape index (κ1) is 12.7. The maximum Gasteiger partial charge on any atom is 0.223 e. The highest BCUT2D eigenvalue weighted by molar-refractivity contribution is 5.77. The Morgan fingerprint density at radius 1 is 1.16 bits per heavy atom. The Hall–Kier alpha value is -1.31. The summed E-state index contributed by atoms with van der Waals surface area (Å²) in [5.41, 5.74) is 1.26. The molecule has 0 spiro atoms. The fourth-order valence-electron chi connectivity index (χ4n) is 3.92. The average Bonchev–Trinajstić information content (AvgIpc) is 2.43. The largest absolute Gasteiger partial charge is 0.335 e. The van der Waals surface area contributed by atoms with E-state index in [0.29, 0.717) is 11.9 Å². The number of amides is 1. The van der Waals surface area contributed by atoms with E-state index in [0.717, 1.165) is 31.2 Å². The Morgan fingerprint density at radius 3 is 2.74 bits per heavy atom. The summed E-state index contributed by atoms with van der Waals surface area (Å²) in [4.78, 5) is 14.5. The number of carbonyl (C=O) groups is 1. The molecule has 2 heteroatoms. The van der Waals surface area contributed by atoms with Gasteiger partial charge in [-0.15, -0.1) is 0 Å². The van der Waals surface area contributed by atoms with E-state index in [2.05, 4.69) is 36.1 Å². The number of rotatable bonds is 2. The predicted molar refractivity (Wildman–Crippen MR) is 76.5 cm³/mol. The van der Waals surface area contributed by atoms with Crippen molar-refractivity contribution in [2.45, 2.75) is 51.6 Å². The van der Waals surface area contributed by atoms with E-state index in [1.54, 1.807) is 0 Å². The van der Waals surface area contributed by atoms with Crippen LogP contribution in [-0.2, 0) is 11.3 Å². The van der Waals surface area contributed by atoms with E-state index < -0.39 is 0 Å². The van der Waals surface area contributed by atoms with Crippen molar-refractivity contribution >= 4 is 5.91 Å². The molecule has 19 heavy (non-hydrogen) atoms. The maximum atomic E-state index is 12.3. The van der Waals surface area contributed by atoms with Gasteiger partial charge in [0.15, 0.2) is 0 Å². The second-order valence-corrected chi connectivity index (χ2v) is 6.19. The number of piperidine rings is 1. The van der Waals surface area contributed by atoms with E-state index in [4.69, 9.17) is 0 Å². The van der Waals surface area contributed by atoms with Crippen LogP contribution in [0.25, 0.3) is 0 Å². The van der Waals surface area contributed by atoms with Crippen LogP contribution in [0.4, 0.5) is 0 Å². The van der Waals surface area contributed by atoms with Crippen molar-refractivity contribution < 1.29 is 4.79 Å². The van der Waals surface area contributed by atoms with Gasteiger partial charge in [-0.05, 0) is 30.2 Å². The fourth-order valence-corrected chi connectivity index (χ4v) is 3.92. The number of hydrogen-bond donors (Lipinski definition) is 0. The normalized spacial score (nSPS) is 31.1. The topological polar surface area (TPSA) is 20.3 Å². The summed E-state index contributed by atoms with van der Waals surface area (Å²) in [6.07, 6.45) is 5.68. The van der Waals surface area contributed by atoms with Crippen LogP contribution >= 0.6 is 0 Å². The number of likely N-dealkylation sites (tertiary alicyclic amines) is 1. The standard InChI is InChI=1S/C17H23NO/c1-13-6-5-9-16-15(13)10-11-17(19)18(16)12-14-7-3-2-4-8-14/h2-4,7-8,13,15-16H,5-6,9-12H2,1H3/t13-,15+,16-/m1/s1. The molecule has 0 bridgehead atoms. The van der Waals surface area contributed by atoms with Crippen molar-refractivity contribution in [3.05, 3.63) is 35.9 Å². The fraction of sp³-hybridized carbons (Fsp3) is 0.588. The number of nitrogens with zero attached hydrogens (tertiary/aromatic N) is 1. The second kappa shape index (κ2) is 5.36. The van der Waals surface area contributed by atoms with E-state index in [-0.39, 0.29) is 0 Å². The van der Waals surface area contributed by atoms with Crippen LogP contribution in [0.3, 0.4) is 0 Å². The summed E-state index contributed by atoms with van der Waals surface area (Å²) in [6, 6.07) is 10.9. The first-order chi connectivity index (χ1) is 9.25. The van der Waals surface area contributed by atoms with Gasteiger partial charge in [-0.2, -0.15) is 0 Å². The summed E-state index contributed by atoms with van der Waals surface area (Å²) in [5.74, 6) is 1.87. The quantitative estimate of drug-likeness (QED) is 0.792. The molecule has 1 aromatic rings. The van der Waals surface area contributed by atoms with Gasteiger partial charge in [0.1, 0.15) is 0 Å². The highest BCUT2D eigenvalue weighted by atomic mass is 16.2. The van der Waals surface area contributed by atoms with Crippen molar-refractivity contribution in [1.29, 1.82) is 0 Å². The van der Waals surface area contributed by atoms with Gasteiger partial charge in [-0.25, -0.2) is 0 Å². The molecule has 1 aliphatic heterocycles. The Labute approximate surface area is 115 Å². The third-order valence-electron chi connectivity index (χ3n) is 4.99. The Balaban J connectivity index is 1.79. The van der Waals surface area contributed by atoms with Crippen LogP contribution < -0.4 is 0 Å². The third-order valence-corrected chi connectivity index (χ3v) is 4.99. The second-order valence-electron chi connectivity index (χ2n) is 6.19. The lowest BCUT2D eigenvalue weighted by Crippen LogP contribution is -2.51. The number of fused-ring (bicyclic) bond motifs is 1. The van der Waals surface area contributed by atoms with E-state index >= 15 is 0 Å². The predicted octanol–water partition coefficient (Wildman–Crippen LogP) is 3.61. The highest BCUT2D eigenvalue weighted by Gasteiger charge is 2.40. The molecule has 0 aromatic heterocycles. The minimum Gasteiger partial charge on any atom is -0.335 e. The first-order valence-electron chi connectivity index (χ1n) is 7.59. The Kier molecular flexibility index (Phi) is 3.58. The first-order valence-corrected chi connectivity index (χ1v) is 7.59. The molecule has 0 N–H and O–H groups in total. The lowest BCUT2D eigenvalue weighted by molar-refractivity contribution is -0.142. The molecule has 2 fully saturated rings. The minimum absolute atomic E-state index is 0.360. The molecule has 2 nitrogen and oxygen atoms in total. The van der Waals surface area contributed by atoms with Crippen molar-refractivity contribution in [2.24, 2.45) is 11.8 Å². The van der Waals surface area contributed by atoms with Crippen molar-refractivity contribution in [2.75, 3.05) is 0 Å². The van der Waals surface area contributed by atoms with Crippen LogP contribution in [0, 0.1) is 11.8 Å². The van der Waals surface area contributed by atoms with Gasteiger partial charge in [0, 0.05) is 19.0 Å². The van der Waals surface area contributed by atoms with E-state index in [1.165, 1.54) is 24.8 Å². The molecule has 3 atom stereocenters. The molecule has 0 unspecified atom stereocenters. The van der Waals surface area contributed by atoms with E-state index in [9.17, 15) is 4.79 Å². The van der Waals surface area contributed by atoms with Crippen LogP contribution in [0.1, 0.15) is 44.6 Å². The summed E-state index contributed by atoms with van der Waals surface area (Å²) < 4.78 is 0. The molecule has 1 saturated heterocycles. The summed E-state index contributed by atoms with van der Waals surface area (Å²) in [7, 11) is 0. The highest BCUT2D eigenvalue weighted by Crippen LogP contribution is 2.39. The molecule has 0 radical (unpaired) electrons. The molecule has 1 amide bonds. The lowest BCUT2D eigenvalue weighted by Gasteiger charge is -2.46. The summed E-state index contributed by atoms with van der Waals surface area (Å²) in [6.45, 7) is 3.17. The Bertz CT molecular complexity index is 442. The van der Waals surface area contributed by atoms with E-state index in [1.807, 2.05) is 6.07 Å². The lowest BCUT2D eigenvalue weighted by atomic mass is 9.72. The van der Waals surface area contributed by atoms with Crippen LogP contribution in [-0.4, -0.2) is 16.8 Å². The molecule has 102 valence electrons. The number of benzene rings is 1. The maximum absolute atomic E-state index is 12.3. The van der Waals surface area contributed by atoms with Crippen LogP contribution in [0.5, 0.6) is 0 Å². The molecule has 3 rings (SSSR count). The summed E-state index contributed by atoms with van der Waals surface area (Å²) in [5, 5.41) is 0. The van der Waals surface area contributed by atoms with Crippen LogP contribution in [0.2, 0.25) is 0 Å².